The Kier molecular flexibility index (Phi) is 6.98. The number of ether oxygens (including phenoxy) is 4. The standard InChI is InChI=1S/C22H26O5/c1-16-20(26-14-18-11-7-4-8-12-18)19(15-27-21(16)22(23)24-2)25-13-17-9-5-3-6-10-17/h3-12,16,19-21H,13-15H2,1-2H3. The maximum atomic E-state index is 12.0. The lowest BCUT2D eigenvalue weighted by Crippen LogP contribution is -2.53. The highest BCUT2D eigenvalue weighted by Crippen LogP contribution is 2.28. The van der Waals surface area contributed by atoms with E-state index in [1.54, 1.807) is 0 Å². The van der Waals surface area contributed by atoms with Crippen molar-refractivity contribution in [2.75, 3.05) is 13.7 Å². The van der Waals surface area contributed by atoms with E-state index in [4.69, 9.17) is 18.9 Å². The van der Waals surface area contributed by atoms with E-state index in [9.17, 15) is 4.79 Å². The topological polar surface area (TPSA) is 54.0 Å². The zero-order chi connectivity index (χ0) is 19.1. The first kappa shape index (κ1) is 19.5. The minimum atomic E-state index is -0.646. The molecule has 0 saturated carbocycles. The monoisotopic (exact) mass is 370 g/mol. The summed E-state index contributed by atoms with van der Waals surface area (Å²) in [6, 6.07) is 19.9. The Balaban J connectivity index is 1.68. The molecule has 2 aromatic rings. The van der Waals surface area contributed by atoms with Crippen LogP contribution in [0.5, 0.6) is 0 Å². The molecule has 1 aliphatic rings. The van der Waals surface area contributed by atoms with Gasteiger partial charge in [-0.25, -0.2) is 4.79 Å². The first-order chi connectivity index (χ1) is 13.2. The van der Waals surface area contributed by atoms with E-state index in [2.05, 4.69) is 0 Å². The highest BCUT2D eigenvalue weighted by molar-refractivity contribution is 5.75. The Bertz CT molecular complexity index is 703. The summed E-state index contributed by atoms with van der Waals surface area (Å²) < 4.78 is 22.9. The Morgan fingerprint density at radius 3 is 2.07 bits per heavy atom. The fourth-order valence-electron chi connectivity index (χ4n) is 3.30. The molecule has 27 heavy (non-hydrogen) atoms. The van der Waals surface area contributed by atoms with Gasteiger partial charge in [-0.3, -0.25) is 0 Å². The highest BCUT2D eigenvalue weighted by Gasteiger charge is 2.43. The number of esters is 1. The van der Waals surface area contributed by atoms with Crippen molar-refractivity contribution in [2.45, 2.75) is 38.4 Å². The van der Waals surface area contributed by atoms with E-state index in [0.717, 1.165) is 11.1 Å². The van der Waals surface area contributed by atoms with E-state index in [1.165, 1.54) is 7.11 Å². The second-order valence-corrected chi connectivity index (χ2v) is 6.73. The maximum absolute atomic E-state index is 12.0. The molecule has 144 valence electrons. The number of carbonyl (C=O) groups excluding carboxylic acids is 1. The second kappa shape index (κ2) is 9.65. The van der Waals surface area contributed by atoms with Crippen LogP contribution in [0.15, 0.2) is 60.7 Å². The molecule has 5 nitrogen and oxygen atoms in total. The van der Waals surface area contributed by atoms with Crippen LogP contribution in [0.4, 0.5) is 0 Å². The molecule has 1 fully saturated rings. The molecule has 0 radical (unpaired) electrons. The second-order valence-electron chi connectivity index (χ2n) is 6.73. The molecule has 0 aromatic heterocycles. The Morgan fingerprint density at radius 2 is 1.52 bits per heavy atom. The van der Waals surface area contributed by atoms with Gasteiger partial charge in [0.15, 0.2) is 6.10 Å². The van der Waals surface area contributed by atoms with Gasteiger partial charge < -0.3 is 18.9 Å². The van der Waals surface area contributed by atoms with Crippen molar-refractivity contribution in [2.24, 2.45) is 5.92 Å². The molecule has 5 heteroatoms. The highest BCUT2D eigenvalue weighted by atomic mass is 16.6. The summed E-state index contributed by atoms with van der Waals surface area (Å²) in [5.41, 5.74) is 2.16. The minimum Gasteiger partial charge on any atom is -0.467 e. The lowest BCUT2D eigenvalue weighted by atomic mass is 9.91. The predicted molar refractivity (Wildman–Crippen MR) is 101 cm³/mol. The minimum absolute atomic E-state index is 0.185. The van der Waals surface area contributed by atoms with Crippen LogP contribution in [0.1, 0.15) is 18.1 Å². The van der Waals surface area contributed by atoms with E-state index in [-0.39, 0.29) is 30.7 Å². The van der Waals surface area contributed by atoms with Gasteiger partial charge in [-0.1, -0.05) is 67.6 Å². The lowest BCUT2D eigenvalue weighted by molar-refractivity contribution is -0.208. The van der Waals surface area contributed by atoms with E-state index >= 15 is 0 Å². The van der Waals surface area contributed by atoms with Gasteiger partial charge in [-0.05, 0) is 11.1 Å². The van der Waals surface area contributed by atoms with Crippen LogP contribution in [0.3, 0.4) is 0 Å². The van der Waals surface area contributed by atoms with Crippen molar-refractivity contribution in [1.29, 1.82) is 0 Å². The van der Waals surface area contributed by atoms with Gasteiger partial charge in [0, 0.05) is 5.92 Å². The summed E-state index contributed by atoms with van der Waals surface area (Å²) in [5, 5.41) is 0. The lowest BCUT2D eigenvalue weighted by Gasteiger charge is -2.39. The molecule has 3 rings (SSSR count). The van der Waals surface area contributed by atoms with Crippen molar-refractivity contribution in [3.05, 3.63) is 71.8 Å². The Morgan fingerprint density at radius 1 is 0.963 bits per heavy atom. The molecule has 0 amide bonds. The smallest absolute Gasteiger partial charge is 0.335 e. The van der Waals surface area contributed by atoms with Gasteiger partial charge in [0.2, 0.25) is 0 Å². The molecule has 4 unspecified atom stereocenters. The van der Waals surface area contributed by atoms with Crippen LogP contribution in [-0.4, -0.2) is 38.0 Å². The van der Waals surface area contributed by atoms with Crippen molar-refractivity contribution in [3.8, 4) is 0 Å². The normalized spacial score (nSPS) is 25.1. The van der Waals surface area contributed by atoms with Crippen molar-refractivity contribution < 1.29 is 23.7 Å². The van der Waals surface area contributed by atoms with Gasteiger partial charge in [0.05, 0.1) is 33.0 Å². The van der Waals surface area contributed by atoms with Crippen molar-refractivity contribution in [1.82, 2.24) is 0 Å². The fraction of sp³-hybridized carbons (Fsp3) is 0.409. The van der Waals surface area contributed by atoms with Crippen molar-refractivity contribution in [3.63, 3.8) is 0 Å². The third kappa shape index (κ3) is 5.16. The van der Waals surface area contributed by atoms with Gasteiger partial charge >= 0.3 is 5.97 Å². The molecule has 0 N–H and O–H groups in total. The van der Waals surface area contributed by atoms with Crippen molar-refractivity contribution >= 4 is 5.97 Å². The SMILES string of the molecule is COC(=O)C1OCC(OCc2ccccc2)C(OCc2ccccc2)C1C. The molecule has 1 heterocycles. The first-order valence-electron chi connectivity index (χ1n) is 9.19. The molecule has 4 atom stereocenters. The molecule has 2 aromatic carbocycles. The third-order valence-corrected chi connectivity index (χ3v) is 4.83. The van der Waals surface area contributed by atoms with Crippen LogP contribution in [-0.2, 0) is 37.0 Å². The number of benzene rings is 2. The largest absolute Gasteiger partial charge is 0.467 e. The third-order valence-electron chi connectivity index (χ3n) is 4.83. The quantitative estimate of drug-likeness (QED) is 0.700. The van der Waals surface area contributed by atoms with E-state index in [0.29, 0.717) is 13.2 Å². The molecule has 1 aliphatic heterocycles. The van der Waals surface area contributed by atoms with Crippen LogP contribution in [0.25, 0.3) is 0 Å². The number of hydrogen-bond donors (Lipinski definition) is 0. The summed E-state index contributed by atoms with van der Waals surface area (Å²) in [6.07, 6.45) is -1.18. The molecule has 0 aliphatic carbocycles. The van der Waals surface area contributed by atoms with Crippen LogP contribution >= 0.6 is 0 Å². The summed E-state index contributed by atoms with van der Waals surface area (Å²) in [5.74, 6) is -0.562. The summed E-state index contributed by atoms with van der Waals surface area (Å²) in [7, 11) is 1.37. The van der Waals surface area contributed by atoms with E-state index in [1.807, 2.05) is 67.6 Å². The van der Waals surface area contributed by atoms with Gasteiger partial charge in [0.1, 0.15) is 6.10 Å². The van der Waals surface area contributed by atoms with Crippen LogP contribution in [0, 0.1) is 5.92 Å². The maximum Gasteiger partial charge on any atom is 0.335 e. The Labute approximate surface area is 160 Å². The molecule has 1 saturated heterocycles. The molecule has 0 spiro atoms. The van der Waals surface area contributed by atoms with E-state index < -0.39 is 6.10 Å². The fourth-order valence-corrected chi connectivity index (χ4v) is 3.30. The zero-order valence-electron chi connectivity index (χ0n) is 15.7. The zero-order valence-corrected chi connectivity index (χ0v) is 15.7. The number of carbonyl (C=O) groups is 1. The molecular formula is C22H26O5. The summed E-state index contributed by atoms with van der Waals surface area (Å²) >= 11 is 0. The van der Waals surface area contributed by atoms with Gasteiger partial charge in [0.25, 0.3) is 0 Å². The average Bonchev–Trinajstić information content (AvgIpc) is 2.72. The number of methoxy groups -OCH3 is 1. The predicted octanol–water partition coefficient (Wildman–Crippen LogP) is 3.37. The number of rotatable bonds is 7. The molecular weight excluding hydrogens is 344 g/mol. The molecule has 0 bridgehead atoms. The van der Waals surface area contributed by atoms with Gasteiger partial charge in [-0.2, -0.15) is 0 Å². The number of hydrogen-bond acceptors (Lipinski definition) is 5. The summed E-state index contributed by atoms with van der Waals surface area (Å²) in [6.45, 7) is 3.15. The first-order valence-corrected chi connectivity index (χ1v) is 9.19. The summed E-state index contributed by atoms with van der Waals surface area (Å²) in [4.78, 5) is 12.0. The Hall–Kier alpha value is -2.21. The van der Waals surface area contributed by atoms with Crippen LogP contribution < -0.4 is 0 Å². The van der Waals surface area contributed by atoms with Gasteiger partial charge in [-0.15, -0.1) is 0 Å². The average molecular weight is 370 g/mol. The van der Waals surface area contributed by atoms with Crippen LogP contribution in [0.2, 0.25) is 0 Å².